The van der Waals surface area contributed by atoms with Crippen LogP contribution in [0.4, 0.5) is 0 Å². The van der Waals surface area contributed by atoms with Crippen molar-refractivity contribution in [1.29, 1.82) is 0 Å². The minimum absolute atomic E-state index is 0.223. The molecule has 0 saturated carbocycles. The quantitative estimate of drug-likeness (QED) is 0.561. The molecule has 0 N–H and O–H groups in total. The highest BCUT2D eigenvalue weighted by Crippen LogP contribution is 2.14. The minimum Gasteiger partial charge on any atom is -0.466 e. The highest BCUT2D eigenvalue weighted by Gasteiger charge is 2.08. The van der Waals surface area contributed by atoms with E-state index in [4.69, 9.17) is 4.74 Å². The number of nitrogens with zero attached hydrogens (tertiary/aromatic N) is 1. The molecule has 0 aliphatic heterocycles. The Morgan fingerprint density at radius 2 is 2.29 bits per heavy atom. The molecule has 14 heavy (non-hydrogen) atoms. The Balaban J connectivity index is 2.72. The van der Waals surface area contributed by atoms with Gasteiger partial charge in [-0.15, -0.1) is 0 Å². The number of carbonyl (C=O) groups excluding carboxylic acids is 1. The molecule has 1 heterocycles. The fourth-order valence-electron chi connectivity index (χ4n) is 0.922. The standard InChI is InChI=1S/C9H9I2NO2/c1-2-14-9(13)4-8-7(11)3-6(10)5-12-8/h3,5H,2,4H2,1H3. The van der Waals surface area contributed by atoms with Crippen molar-refractivity contribution in [3.63, 3.8) is 0 Å². The van der Waals surface area contributed by atoms with E-state index in [9.17, 15) is 4.79 Å². The van der Waals surface area contributed by atoms with Crippen LogP contribution in [-0.2, 0) is 16.0 Å². The lowest BCUT2D eigenvalue weighted by Gasteiger charge is -2.03. The molecule has 0 atom stereocenters. The monoisotopic (exact) mass is 417 g/mol. The minimum atomic E-state index is -0.223. The summed E-state index contributed by atoms with van der Waals surface area (Å²) in [6, 6.07) is 1.99. The van der Waals surface area contributed by atoms with Crippen molar-refractivity contribution in [2.24, 2.45) is 0 Å². The number of halogens is 2. The average molecular weight is 417 g/mol. The summed E-state index contributed by atoms with van der Waals surface area (Å²) in [6.07, 6.45) is 2.00. The molecule has 0 fully saturated rings. The third-order valence-corrected chi connectivity index (χ3v) is 3.03. The second-order valence-corrected chi connectivity index (χ2v) is 4.97. The first-order chi connectivity index (χ1) is 6.63. The molecule has 0 aromatic carbocycles. The van der Waals surface area contributed by atoms with E-state index in [1.807, 2.05) is 6.07 Å². The van der Waals surface area contributed by atoms with Gasteiger partial charge in [-0.3, -0.25) is 9.78 Å². The van der Waals surface area contributed by atoms with Gasteiger partial charge in [0.15, 0.2) is 0 Å². The van der Waals surface area contributed by atoms with Crippen LogP contribution in [0, 0.1) is 7.14 Å². The van der Waals surface area contributed by atoms with E-state index in [2.05, 4.69) is 50.2 Å². The second-order valence-electron chi connectivity index (χ2n) is 2.56. The third-order valence-electron chi connectivity index (χ3n) is 1.50. The summed E-state index contributed by atoms with van der Waals surface area (Å²) in [5.74, 6) is -0.223. The fraction of sp³-hybridized carbons (Fsp3) is 0.333. The maximum atomic E-state index is 11.2. The molecule has 0 aliphatic carbocycles. The average Bonchev–Trinajstić information content (AvgIpc) is 2.10. The van der Waals surface area contributed by atoms with Gasteiger partial charge >= 0.3 is 5.97 Å². The Kier molecular flexibility index (Phi) is 5.07. The molecule has 1 rings (SSSR count). The number of rotatable bonds is 3. The largest absolute Gasteiger partial charge is 0.466 e. The van der Waals surface area contributed by atoms with Crippen molar-refractivity contribution in [3.05, 3.63) is 25.1 Å². The molecule has 0 aliphatic rings. The molecule has 76 valence electrons. The van der Waals surface area contributed by atoms with Gasteiger partial charge in [-0.05, 0) is 58.2 Å². The van der Waals surface area contributed by atoms with Gasteiger partial charge in [0.1, 0.15) is 0 Å². The molecular formula is C9H9I2NO2. The van der Waals surface area contributed by atoms with Crippen LogP contribution in [0.3, 0.4) is 0 Å². The van der Waals surface area contributed by atoms with Gasteiger partial charge in [0, 0.05) is 13.3 Å². The number of pyridine rings is 1. The van der Waals surface area contributed by atoms with Gasteiger partial charge in [-0.2, -0.15) is 0 Å². The van der Waals surface area contributed by atoms with Crippen molar-refractivity contribution in [2.75, 3.05) is 6.61 Å². The van der Waals surface area contributed by atoms with Crippen molar-refractivity contribution >= 4 is 51.2 Å². The lowest BCUT2D eigenvalue weighted by Crippen LogP contribution is -2.10. The van der Waals surface area contributed by atoms with Crippen LogP contribution in [0.1, 0.15) is 12.6 Å². The van der Waals surface area contributed by atoms with E-state index in [0.717, 1.165) is 12.8 Å². The third kappa shape index (κ3) is 3.68. The molecule has 0 saturated heterocycles. The zero-order chi connectivity index (χ0) is 10.6. The molecule has 1 aromatic rings. The first-order valence-electron chi connectivity index (χ1n) is 4.09. The lowest BCUT2D eigenvalue weighted by molar-refractivity contribution is -0.142. The maximum absolute atomic E-state index is 11.2. The van der Waals surface area contributed by atoms with Gasteiger partial charge in [0.05, 0.1) is 18.7 Å². The van der Waals surface area contributed by atoms with Crippen molar-refractivity contribution in [1.82, 2.24) is 4.98 Å². The van der Waals surface area contributed by atoms with E-state index in [0.29, 0.717) is 6.61 Å². The Morgan fingerprint density at radius 1 is 1.57 bits per heavy atom. The molecule has 0 radical (unpaired) electrons. The smallest absolute Gasteiger partial charge is 0.311 e. The first kappa shape index (κ1) is 12.2. The number of carbonyl (C=O) groups is 1. The lowest BCUT2D eigenvalue weighted by atomic mass is 10.3. The van der Waals surface area contributed by atoms with Crippen LogP contribution in [-0.4, -0.2) is 17.6 Å². The summed E-state index contributed by atoms with van der Waals surface area (Å²) >= 11 is 4.36. The summed E-state index contributed by atoms with van der Waals surface area (Å²) in [5.41, 5.74) is 0.782. The highest BCUT2D eigenvalue weighted by molar-refractivity contribution is 14.1. The SMILES string of the molecule is CCOC(=O)Cc1ncc(I)cc1I. The van der Waals surface area contributed by atoms with Crippen molar-refractivity contribution < 1.29 is 9.53 Å². The summed E-state index contributed by atoms with van der Waals surface area (Å²) in [4.78, 5) is 15.4. The summed E-state index contributed by atoms with van der Waals surface area (Å²) in [5, 5.41) is 0. The molecule has 1 aromatic heterocycles. The fourth-order valence-corrected chi connectivity index (χ4v) is 2.63. The summed E-state index contributed by atoms with van der Waals surface area (Å²) in [6.45, 7) is 2.21. The first-order valence-corrected chi connectivity index (χ1v) is 6.24. The second kappa shape index (κ2) is 5.84. The number of hydrogen-bond acceptors (Lipinski definition) is 3. The molecular weight excluding hydrogens is 408 g/mol. The summed E-state index contributed by atoms with van der Waals surface area (Å²) < 4.78 is 6.92. The Hall–Kier alpha value is 0.0800. The maximum Gasteiger partial charge on any atom is 0.311 e. The Bertz CT molecular complexity index is 342. The predicted molar refractivity (Wildman–Crippen MR) is 70.0 cm³/mol. The molecule has 0 unspecified atom stereocenters. The number of hydrogen-bond donors (Lipinski definition) is 0. The Morgan fingerprint density at radius 3 is 2.86 bits per heavy atom. The highest BCUT2D eigenvalue weighted by atomic mass is 127. The zero-order valence-corrected chi connectivity index (χ0v) is 11.9. The van der Waals surface area contributed by atoms with Gasteiger partial charge < -0.3 is 4.74 Å². The Labute approximate surface area is 110 Å². The van der Waals surface area contributed by atoms with E-state index in [1.165, 1.54) is 0 Å². The van der Waals surface area contributed by atoms with E-state index in [1.54, 1.807) is 13.1 Å². The number of esters is 1. The van der Waals surface area contributed by atoms with E-state index in [-0.39, 0.29) is 12.4 Å². The molecule has 5 heteroatoms. The predicted octanol–water partition coefficient (Wildman–Crippen LogP) is 2.40. The summed E-state index contributed by atoms with van der Waals surface area (Å²) in [7, 11) is 0. The van der Waals surface area contributed by atoms with Crippen molar-refractivity contribution in [3.8, 4) is 0 Å². The van der Waals surface area contributed by atoms with E-state index >= 15 is 0 Å². The normalized spacial score (nSPS) is 9.93. The molecule has 0 amide bonds. The number of ether oxygens (including phenoxy) is 1. The van der Waals surface area contributed by atoms with Crippen molar-refractivity contribution in [2.45, 2.75) is 13.3 Å². The van der Waals surface area contributed by atoms with Gasteiger partial charge in [-0.1, -0.05) is 0 Å². The molecule has 0 spiro atoms. The van der Waals surface area contributed by atoms with Gasteiger partial charge in [0.2, 0.25) is 0 Å². The number of aromatic nitrogens is 1. The van der Waals surface area contributed by atoms with Gasteiger partial charge in [-0.25, -0.2) is 0 Å². The van der Waals surface area contributed by atoms with Crippen LogP contribution in [0.15, 0.2) is 12.3 Å². The zero-order valence-electron chi connectivity index (χ0n) is 7.59. The molecule has 0 bridgehead atoms. The van der Waals surface area contributed by atoms with Crippen LogP contribution in [0.5, 0.6) is 0 Å². The van der Waals surface area contributed by atoms with Crippen LogP contribution >= 0.6 is 45.2 Å². The topological polar surface area (TPSA) is 39.2 Å². The van der Waals surface area contributed by atoms with Crippen LogP contribution < -0.4 is 0 Å². The molecule has 3 nitrogen and oxygen atoms in total. The van der Waals surface area contributed by atoms with Gasteiger partial charge in [0.25, 0.3) is 0 Å². The van der Waals surface area contributed by atoms with Crippen LogP contribution in [0.2, 0.25) is 0 Å². The van der Waals surface area contributed by atoms with Crippen LogP contribution in [0.25, 0.3) is 0 Å². The van der Waals surface area contributed by atoms with E-state index < -0.39 is 0 Å².